The van der Waals surface area contributed by atoms with E-state index in [9.17, 15) is 23.6 Å². The first-order chi connectivity index (χ1) is 15.2. The second-order valence-corrected chi connectivity index (χ2v) is 8.65. The van der Waals surface area contributed by atoms with E-state index < -0.39 is 20.6 Å². The van der Waals surface area contributed by atoms with Crippen molar-refractivity contribution >= 4 is 55.7 Å². The number of sulfonamides is 1. The average molecular weight is 472 g/mol. The number of hydrogen-bond donors (Lipinski definition) is 3. The molecule has 0 aliphatic carbocycles. The summed E-state index contributed by atoms with van der Waals surface area (Å²) in [6.07, 6.45) is 0. The Bertz CT molecular complexity index is 1460. The fraction of sp³-hybridized carbons (Fsp3) is 0. The second-order valence-electron chi connectivity index (χ2n) is 6.56. The Hall–Kier alpha value is -3.96. The first-order valence-corrected chi connectivity index (χ1v) is 10.9. The highest BCUT2D eigenvalue weighted by Crippen LogP contribution is 2.31. The number of anilines is 3. The molecule has 0 atom stereocenters. The summed E-state index contributed by atoms with van der Waals surface area (Å²) in [6.45, 7) is 0. The van der Waals surface area contributed by atoms with Gasteiger partial charge < -0.3 is 10.4 Å². The molecule has 0 saturated heterocycles. The molecule has 10 nitrogen and oxygen atoms in total. The van der Waals surface area contributed by atoms with Crippen LogP contribution in [-0.4, -0.2) is 28.4 Å². The molecule has 1 aromatic heterocycles. The number of nitro groups is 1. The molecule has 4 aromatic rings. The van der Waals surface area contributed by atoms with Crippen molar-refractivity contribution in [3.8, 4) is 5.75 Å². The number of nitrogens with zero attached hydrogens (tertiary/aromatic N) is 3. The van der Waals surface area contributed by atoms with Gasteiger partial charge in [0, 0.05) is 17.8 Å². The Kier molecular flexibility index (Phi) is 5.51. The molecule has 0 aliphatic heterocycles. The Labute approximate surface area is 186 Å². The third kappa shape index (κ3) is 4.38. The predicted octanol–water partition coefficient (Wildman–Crippen LogP) is 4.44. The quantitative estimate of drug-likeness (QED) is 0.276. The summed E-state index contributed by atoms with van der Waals surface area (Å²) in [7, 11) is -4.28. The molecule has 4 rings (SSSR count). The molecule has 1 heterocycles. The van der Waals surface area contributed by atoms with Gasteiger partial charge in [0.2, 0.25) is 0 Å². The third-order valence-corrected chi connectivity index (χ3v) is 5.99. The summed E-state index contributed by atoms with van der Waals surface area (Å²) in [6, 6.07) is 16.1. The highest BCUT2D eigenvalue weighted by atomic mass is 35.5. The van der Waals surface area contributed by atoms with Crippen LogP contribution in [0.25, 0.3) is 11.0 Å². The first-order valence-electron chi connectivity index (χ1n) is 9.02. The van der Waals surface area contributed by atoms with Gasteiger partial charge in [0.1, 0.15) is 10.8 Å². The maximum Gasteiger partial charge on any atom is 0.289 e. The number of nitrogens with one attached hydrogen (secondary N) is 2. The van der Waals surface area contributed by atoms with E-state index in [1.165, 1.54) is 12.1 Å². The van der Waals surface area contributed by atoms with Crippen molar-refractivity contribution in [1.29, 1.82) is 0 Å². The second kappa shape index (κ2) is 8.29. The van der Waals surface area contributed by atoms with Crippen LogP contribution in [0.4, 0.5) is 23.0 Å². The molecule has 3 N–H and O–H groups in total. The van der Waals surface area contributed by atoms with Gasteiger partial charge in [-0.2, -0.15) is 0 Å². The number of fused-ring (bicyclic) bond motifs is 1. The van der Waals surface area contributed by atoms with Gasteiger partial charge in [-0.05, 0) is 36.4 Å². The third-order valence-electron chi connectivity index (χ3n) is 4.34. The summed E-state index contributed by atoms with van der Waals surface area (Å²) in [5.41, 5.74) is 0.823. The number of para-hydroxylation sites is 2. The largest absolute Gasteiger partial charge is 0.508 e. The smallest absolute Gasteiger partial charge is 0.289 e. The standard InChI is InChI=1S/C20H14ClN5O5S/c21-15-9-8-14(11-18(15)26(28)29)32(30,31)25-20-19(22-12-4-3-5-13(27)10-12)23-16-6-1-2-7-17(16)24-20/h1-11,27H,(H,22,23)(H,24,25). The van der Waals surface area contributed by atoms with E-state index >= 15 is 0 Å². The number of phenolic OH excluding ortho intramolecular Hbond substituents is 1. The number of halogens is 1. The molecule has 162 valence electrons. The molecule has 12 heteroatoms. The van der Waals surface area contributed by atoms with E-state index in [0.717, 1.165) is 18.2 Å². The van der Waals surface area contributed by atoms with E-state index in [2.05, 4.69) is 20.0 Å². The van der Waals surface area contributed by atoms with Gasteiger partial charge in [-0.1, -0.05) is 29.8 Å². The highest BCUT2D eigenvalue weighted by Gasteiger charge is 2.23. The minimum Gasteiger partial charge on any atom is -0.508 e. The lowest BCUT2D eigenvalue weighted by atomic mass is 10.3. The van der Waals surface area contributed by atoms with Gasteiger partial charge in [0.05, 0.1) is 20.9 Å². The first kappa shape index (κ1) is 21.3. The van der Waals surface area contributed by atoms with Crippen LogP contribution in [-0.2, 0) is 10.0 Å². The van der Waals surface area contributed by atoms with Crippen LogP contribution < -0.4 is 10.0 Å². The van der Waals surface area contributed by atoms with Gasteiger partial charge in [0.25, 0.3) is 15.7 Å². The monoisotopic (exact) mass is 471 g/mol. The van der Waals surface area contributed by atoms with Crippen LogP contribution in [0.3, 0.4) is 0 Å². The van der Waals surface area contributed by atoms with Crippen LogP contribution in [0.2, 0.25) is 5.02 Å². The summed E-state index contributed by atoms with van der Waals surface area (Å²) in [4.78, 5) is 18.8. The van der Waals surface area contributed by atoms with Crippen molar-refractivity contribution in [2.24, 2.45) is 0 Å². The van der Waals surface area contributed by atoms with Gasteiger partial charge >= 0.3 is 0 Å². The summed E-state index contributed by atoms with van der Waals surface area (Å²) < 4.78 is 28.3. The Morgan fingerprint density at radius 1 is 0.938 bits per heavy atom. The molecule has 0 radical (unpaired) electrons. The molecule has 0 unspecified atom stereocenters. The number of nitro benzene ring substituents is 1. The average Bonchev–Trinajstić information content (AvgIpc) is 2.74. The van der Waals surface area contributed by atoms with Crippen molar-refractivity contribution in [2.75, 3.05) is 10.0 Å². The van der Waals surface area contributed by atoms with Crippen molar-refractivity contribution in [3.63, 3.8) is 0 Å². The normalized spacial score (nSPS) is 11.3. The lowest BCUT2D eigenvalue weighted by Crippen LogP contribution is -2.16. The molecular formula is C20H14ClN5O5S. The highest BCUT2D eigenvalue weighted by molar-refractivity contribution is 7.92. The number of benzene rings is 3. The fourth-order valence-electron chi connectivity index (χ4n) is 2.86. The molecule has 0 spiro atoms. The number of rotatable bonds is 6. The molecule has 0 amide bonds. The predicted molar refractivity (Wildman–Crippen MR) is 120 cm³/mol. The van der Waals surface area contributed by atoms with Gasteiger partial charge in [-0.25, -0.2) is 18.4 Å². The van der Waals surface area contributed by atoms with Gasteiger partial charge in [-0.3, -0.25) is 14.8 Å². The van der Waals surface area contributed by atoms with Crippen LogP contribution in [0.1, 0.15) is 0 Å². The lowest BCUT2D eigenvalue weighted by molar-refractivity contribution is -0.384. The van der Waals surface area contributed by atoms with E-state index in [1.54, 1.807) is 36.4 Å². The topological polar surface area (TPSA) is 147 Å². The minimum absolute atomic E-state index is 0.000599. The number of aromatic hydroxyl groups is 1. The van der Waals surface area contributed by atoms with Gasteiger partial charge in [-0.15, -0.1) is 0 Å². The van der Waals surface area contributed by atoms with Crippen molar-refractivity contribution in [3.05, 3.63) is 81.9 Å². The van der Waals surface area contributed by atoms with Crippen LogP contribution in [0, 0.1) is 10.1 Å². The number of hydrogen-bond acceptors (Lipinski definition) is 8. The van der Waals surface area contributed by atoms with Gasteiger partial charge in [0.15, 0.2) is 11.6 Å². The zero-order valence-corrected chi connectivity index (χ0v) is 17.6. The zero-order chi connectivity index (χ0) is 22.9. The molecule has 0 aliphatic rings. The molecule has 0 saturated carbocycles. The molecule has 3 aromatic carbocycles. The Morgan fingerprint density at radius 2 is 1.62 bits per heavy atom. The van der Waals surface area contributed by atoms with E-state index in [0.29, 0.717) is 16.7 Å². The summed E-state index contributed by atoms with van der Waals surface area (Å²) in [5.74, 6) is -0.0645. The lowest BCUT2D eigenvalue weighted by Gasteiger charge is -2.14. The Balaban J connectivity index is 1.79. The van der Waals surface area contributed by atoms with Crippen molar-refractivity contribution < 1.29 is 18.4 Å². The number of aromatic nitrogens is 2. The van der Waals surface area contributed by atoms with Crippen LogP contribution >= 0.6 is 11.6 Å². The maximum absolute atomic E-state index is 13.0. The SMILES string of the molecule is O=[N+]([O-])c1cc(S(=O)(=O)Nc2nc3ccccc3nc2Nc2cccc(O)c2)ccc1Cl. The van der Waals surface area contributed by atoms with E-state index in [1.807, 2.05) is 0 Å². The molecular weight excluding hydrogens is 458 g/mol. The minimum atomic E-state index is -4.28. The van der Waals surface area contributed by atoms with Crippen LogP contribution in [0.15, 0.2) is 71.6 Å². The zero-order valence-electron chi connectivity index (χ0n) is 16.1. The maximum atomic E-state index is 13.0. The molecule has 32 heavy (non-hydrogen) atoms. The Morgan fingerprint density at radius 3 is 2.28 bits per heavy atom. The number of phenols is 1. The molecule has 0 fully saturated rings. The summed E-state index contributed by atoms with van der Waals surface area (Å²) >= 11 is 5.79. The van der Waals surface area contributed by atoms with E-state index in [4.69, 9.17) is 11.6 Å². The summed E-state index contributed by atoms with van der Waals surface area (Å²) in [5, 5.41) is 23.6. The van der Waals surface area contributed by atoms with Crippen molar-refractivity contribution in [2.45, 2.75) is 4.90 Å². The van der Waals surface area contributed by atoms with E-state index in [-0.39, 0.29) is 27.3 Å². The molecule has 0 bridgehead atoms. The fourth-order valence-corrected chi connectivity index (χ4v) is 4.08. The van der Waals surface area contributed by atoms with Crippen LogP contribution in [0.5, 0.6) is 5.75 Å². The van der Waals surface area contributed by atoms with Crippen molar-refractivity contribution in [1.82, 2.24) is 9.97 Å².